The van der Waals surface area contributed by atoms with Gasteiger partial charge in [-0.15, -0.1) is 0 Å². The lowest BCUT2D eigenvalue weighted by Gasteiger charge is -2.30. The molecule has 332 valence electrons. The molecule has 3 atom stereocenters. The lowest BCUT2D eigenvalue weighted by Crippen LogP contribution is -2.46. The van der Waals surface area contributed by atoms with Gasteiger partial charge >= 0.3 is 0 Å². The van der Waals surface area contributed by atoms with Crippen LogP contribution in [-0.2, 0) is 18.4 Å². The summed E-state index contributed by atoms with van der Waals surface area (Å²) in [6.45, 7) is 4.69. The van der Waals surface area contributed by atoms with Crippen molar-refractivity contribution >= 4 is 13.7 Å². The zero-order chi connectivity index (χ0) is 41.4. The number of unbranched alkanes of at least 4 members (excludes halogenated alkanes) is 26. The average molecular weight is 813 g/mol. The van der Waals surface area contributed by atoms with Crippen molar-refractivity contribution in [1.82, 2.24) is 5.32 Å². The van der Waals surface area contributed by atoms with E-state index in [0.29, 0.717) is 23.9 Å². The molecule has 0 aromatic rings. The van der Waals surface area contributed by atoms with Gasteiger partial charge in [-0.3, -0.25) is 9.36 Å². The molecule has 0 bridgehead atoms. The molecule has 0 radical (unpaired) electrons. The number of likely N-dealkylation sites (N-methyl/N-ethyl adjacent to an activating group) is 1. The Kier molecular flexibility index (Phi) is 38.7. The number of nitrogens with one attached hydrogen (secondary N) is 1. The van der Waals surface area contributed by atoms with Crippen molar-refractivity contribution in [3.63, 3.8) is 0 Å². The molecule has 8 nitrogen and oxygen atoms in total. The molecular formula is C47H93N2O6P. The molecular weight excluding hydrogens is 719 g/mol. The number of phosphoric ester groups is 1. The second-order valence-corrected chi connectivity index (χ2v) is 18.9. The fraction of sp³-hybridized carbons (Fsp3) is 0.894. The van der Waals surface area contributed by atoms with Crippen LogP contribution in [-0.4, -0.2) is 68.5 Å². The highest BCUT2D eigenvalue weighted by atomic mass is 31.2. The zero-order valence-electron chi connectivity index (χ0n) is 37.6. The summed E-state index contributed by atoms with van der Waals surface area (Å²) < 4.78 is 23.2. The van der Waals surface area contributed by atoms with Crippen molar-refractivity contribution in [1.29, 1.82) is 0 Å². The van der Waals surface area contributed by atoms with E-state index in [1.54, 1.807) is 0 Å². The van der Waals surface area contributed by atoms with Gasteiger partial charge in [-0.25, -0.2) is 0 Å². The third-order valence-corrected chi connectivity index (χ3v) is 11.7. The highest BCUT2D eigenvalue weighted by Gasteiger charge is 2.24. The van der Waals surface area contributed by atoms with Crippen LogP contribution >= 0.6 is 7.82 Å². The number of aliphatic hydroxyl groups is 1. The molecule has 0 aliphatic heterocycles. The number of nitrogens with zero attached hydrogens (tertiary/aromatic N) is 1. The summed E-state index contributed by atoms with van der Waals surface area (Å²) in [7, 11) is 1.31. The highest BCUT2D eigenvalue weighted by molar-refractivity contribution is 7.45. The molecule has 56 heavy (non-hydrogen) atoms. The van der Waals surface area contributed by atoms with Gasteiger partial charge < -0.3 is 28.8 Å². The van der Waals surface area contributed by atoms with Gasteiger partial charge in [-0.1, -0.05) is 192 Å². The van der Waals surface area contributed by atoms with Crippen LogP contribution in [0.25, 0.3) is 0 Å². The van der Waals surface area contributed by atoms with Gasteiger partial charge in [0.05, 0.1) is 39.9 Å². The average Bonchev–Trinajstić information content (AvgIpc) is 3.15. The second-order valence-electron chi connectivity index (χ2n) is 17.5. The molecule has 0 aliphatic rings. The van der Waals surface area contributed by atoms with Crippen molar-refractivity contribution in [2.24, 2.45) is 0 Å². The largest absolute Gasteiger partial charge is 0.756 e. The first-order valence-corrected chi connectivity index (χ1v) is 25.1. The van der Waals surface area contributed by atoms with Crippen LogP contribution in [0.2, 0.25) is 0 Å². The van der Waals surface area contributed by atoms with E-state index >= 15 is 0 Å². The topological polar surface area (TPSA) is 108 Å². The van der Waals surface area contributed by atoms with Gasteiger partial charge in [0.1, 0.15) is 13.2 Å². The molecule has 0 heterocycles. The van der Waals surface area contributed by atoms with Crippen molar-refractivity contribution in [2.45, 2.75) is 231 Å². The van der Waals surface area contributed by atoms with Crippen LogP contribution in [0.4, 0.5) is 0 Å². The number of carbonyl (C=O) groups excluding carboxylic acids is 1. The Balaban J connectivity index is 4.10. The highest BCUT2D eigenvalue weighted by Crippen LogP contribution is 2.38. The number of allylic oxidation sites excluding steroid dienone is 4. The molecule has 0 fully saturated rings. The van der Waals surface area contributed by atoms with Crippen LogP contribution in [0, 0.1) is 0 Å². The second kappa shape index (κ2) is 39.4. The van der Waals surface area contributed by atoms with Crippen molar-refractivity contribution in [2.75, 3.05) is 40.9 Å². The van der Waals surface area contributed by atoms with Crippen molar-refractivity contribution in [3.05, 3.63) is 24.3 Å². The van der Waals surface area contributed by atoms with Gasteiger partial charge in [-0.2, -0.15) is 0 Å². The number of quaternary nitrogens is 1. The Morgan fingerprint density at radius 3 is 1.48 bits per heavy atom. The number of amides is 1. The maximum absolute atomic E-state index is 12.9. The molecule has 0 saturated carbocycles. The number of hydrogen-bond acceptors (Lipinski definition) is 6. The summed E-state index contributed by atoms with van der Waals surface area (Å²) in [5.41, 5.74) is 0. The summed E-state index contributed by atoms with van der Waals surface area (Å²) in [6.07, 6.45) is 46.3. The Morgan fingerprint density at radius 1 is 0.625 bits per heavy atom. The van der Waals surface area contributed by atoms with Gasteiger partial charge in [0, 0.05) is 6.42 Å². The molecule has 0 rings (SSSR count). The van der Waals surface area contributed by atoms with Crippen LogP contribution in [0.5, 0.6) is 0 Å². The Morgan fingerprint density at radius 2 is 1.04 bits per heavy atom. The van der Waals surface area contributed by atoms with E-state index in [-0.39, 0.29) is 19.1 Å². The Hall–Kier alpha value is -1.02. The van der Waals surface area contributed by atoms with Crippen LogP contribution in [0.15, 0.2) is 24.3 Å². The van der Waals surface area contributed by atoms with E-state index in [4.69, 9.17) is 9.05 Å². The number of aliphatic hydroxyl groups excluding tert-OH is 1. The maximum Gasteiger partial charge on any atom is 0.268 e. The van der Waals surface area contributed by atoms with E-state index in [0.717, 1.165) is 44.9 Å². The lowest BCUT2D eigenvalue weighted by atomic mass is 10.0. The predicted molar refractivity (Wildman–Crippen MR) is 238 cm³/mol. The van der Waals surface area contributed by atoms with E-state index in [1.807, 2.05) is 21.1 Å². The van der Waals surface area contributed by atoms with Gasteiger partial charge in [0.2, 0.25) is 5.91 Å². The first-order chi connectivity index (χ1) is 27.0. The maximum atomic E-state index is 12.9. The molecule has 0 spiro atoms. The smallest absolute Gasteiger partial charge is 0.268 e. The minimum Gasteiger partial charge on any atom is -0.756 e. The predicted octanol–water partition coefficient (Wildman–Crippen LogP) is 12.7. The molecule has 0 aromatic heterocycles. The SMILES string of the molecule is CCCCCCC/C=C\C/C=C\CCCCCCCCCCCCCCCC(=O)NC(COP(=O)([O-])OCC[N+](C)(C)C)C(O)CCCCCCCCCCC. The van der Waals surface area contributed by atoms with E-state index < -0.39 is 20.0 Å². The van der Waals surface area contributed by atoms with Crippen molar-refractivity contribution < 1.29 is 32.9 Å². The standard InChI is InChI=1S/C47H93N2O6P/c1-6-8-10-12-14-16-17-18-19-20-21-22-23-24-25-26-27-28-29-30-31-33-35-37-39-41-47(51)48-45(44-55-56(52,53)54-43-42-49(3,4)5)46(50)40-38-36-34-32-15-13-11-9-7-2/h17-18,20-21,45-46,50H,6-16,19,22-44H2,1-5H3,(H-,48,51,52,53)/b18-17-,21-20-. The zero-order valence-corrected chi connectivity index (χ0v) is 38.5. The first kappa shape index (κ1) is 55.0. The van der Waals surface area contributed by atoms with Gasteiger partial charge in [0.15, 0.2) is 0 Å². The van der Waals surface area contributed by atoms with E-state index in [9.17, 15) is 19.4 Å². The van der Waals surface area contributed by atoms with Crippen molar-refractivity contribution in [3.8, 4) is 0 Å². The summed E-state index contributed by atoms with van der Waals surface area (Å²) in [5, 5.41) is 13.9. The van der Waals surface area contributed by atoms with E-state index in [1.165, 1.54) is 148 Å². The van der Waals surface area contributed by atoms with Gasteiger partial charge in [0.25, 0.3) is 7.82 Å². The molecule has 0 aliphatic carbocycles. The van der Waals surface area contributed by atoms with Crippen LogP contribution in [0.3, 0.4) is 0 Å². The fourth-order valence-electron chi connectivity index (χ4n) is 6.89. The summed E-state index contributed by atoms with van der Waals surface area (Å²) in [5.74, 6) is -0.167. The molecule has 3 unspecified atom stereocenters. The number of phosphoric acid groups is 1. The van der Waals surface area contributed by atoms with Crippen LogP contribution < -0.4 is 10.2 Å². The number of carbonyl (C=O) groups is 1. The quantitative estimate of drug-likeness (QED) is 0.0275. The molecule has 0 aromatic carbocycles. The minimum atomic E-state index is -4.56. The third kappa shape index (κ3) is 41.2. The first-order valence-electron chi connectivity index (χ1n) is 23.7. The fourth-order valence-corrected chi connectivity index (χ4v) is 7.62. The molecule has 1 amide bonds. The molecule has 9 heteroatoms. The summed E-state index contributed by atoms with van der Waals surface area (Å²) in [4.78, 5) is 25.3. The van der Waals surface area contributed by atoms with Gasteiger partial charge in [-0.05, 0) is 44.9 Å². The minimum absolute atomic E-state index is 0.0128. The lowest BCUT2D eigenvalue weighted by molar-refractivity contribution is -0.870. The van der Waals surface area contributed by atoms with E-state index in [2.05, 4.69) is 43.5 Å². The number of rotatable bonds is 43. The summed E-state index contributed by atoms with van der Waals surface area (Å²) in [6, 6.07) is -0.796. The van der Waals surface area contributed by atoms with Crippen LogP contribution in [0.1, 0.15) is 219 Å². The monoisotopic (exact) mass is 813 g/mol. The molecule has 0 saturated heterocycles. The Labute approximate surface area is 347 Å². The Bertz CT molecular complexity index is 969. The number of hydrogen-bond donors (Lipinski definition) is 2. The third-order valence-electron chi connectivity index (χ3n) is 10.7. The molecule has 2 N–H and O–H groups in total. The summed E-state index contributed by atoms with van der Waals surface area (Å²) >= 11 is 0. The normalized spacial score (nSPS) is 14.5.